The molecular formula is C37H27N9O. The first-order chi connectivity index (χ1) is 23.2. The fourth-order valence-electron chi connectivity index (χ4n) is 6.34. The van der Waals surface area contributed by atoms with E-state index >= 15 is 0 Å². The van der Waals surface area contributed by atoms with Crippen LogP contribution in [0.25, 0.3) is 89.7 Å². The van der Waals surface area contributed by atoms with Crippen LogP contribution in [0.1, 0.15) is 19.8 Å². The summed E-state index contributed by atoms with van der Waals surface area (Å²) in [6.45, 7) is 2.61. The van der Waals surface area contributed by atoms with E-state index in [0.29, 0.717) is 52.4 Å². The molecule has 226 valence electrons. The lowest BCUT2D eigenvalue weighted by atomic mass is 10.1. The molecule has 0 atom stereocenters. The number of fused-ring (bicyclic) bond motifs is 20. The molecule has 0 aliphatic carbocycles. The van der Waals surface area contributed by atoms with E-state index in [1.54, 1.807) is 4.57 Å². The van der Waals surface area contributed by atoms with E-state index in [2.05, 4.69) is 17.2 Å². The van der Waals surface area contributed by atoms with Gasteiger partial charge in [0.1, 0.15) is 11.3 Å². The summed E-state index contributed by atoms with van der Waals surface area (Å²) in [6, 6.07) is 31.2. The molecule has 3 aromatic heterocycles. The van der Waals surface area contributed by atoms with Gasteiger partial charge in [-0.15, -0.1) is 0 Å². The summed E-state index contributed by atoms with van der Waals surface area (Å²) in [6.07, 6.45) is 1.80. The van der Waals surface area contributed by atoms with Gasteiger partial charge < -0.3 is 10.3 Å². The van der Waals surface area contributed by atoms with Gasteiger partial charge in [0.15, 0.2) is 34.6 Å². The number of hydrogen-bond donors (Lipinski definition) is 2. The van der Waals surface area contributed by atoms with Crippen molar-refractivity contribution in [1.82, 2.24) is 44.8 Å². The smallest absolute Gasteiger partial charge is 0.328 e. The summed E-state index contributed by atoms with van der Waals surface area (Å²) in [5.41, 5.74) is 5.48. The van der Waals surface area contributed by atoms with Crippen molar-refractivity contribution in [3.63, 3.8) is 0 Å². The van der Waals surface area contributed by atoms with Gasteiger partial charge in [0.25, 0.3) is 0 Å². The molecular weight excluding hydrogens is 586 g/mol. The van der Waals surface area contributed by atoms with Gasteiger partial charge in [-0.3, -0.25) is 0 Å². The normalized spacial score (nSPS) is 11.9. The maximum Gasteiger partial charge on any atom is 0.328 e. The zero-order valence-electron chi connectivity index (χ0n) is 25.4. The molecule has 47 heavy (non-hydrogen) atoms. The summed E-state index contributed by atoms with van der Waals surface area (Å²) in [5, 5.41) is 6.44. The molecule has 0 unspecified atom stereocenters. The molecule has 1 amide bonds. The predicted molar refractivity (Wildman–Crippen MR) is 183 cm³/mol. The number of aromatic amines is 1. The Hall–Kier alpha value is -6.29. The summed E-state index contributed by atoms with van der Waals surface area (Å²) in [5.74, 6) is 1.96. The highest BCUT2D eigenvalue weighted by atomic mass is 16.2. The second-order valence-corrected chi connectivity index (χ2v) is 11.5. The highest BCUT2D eigenvalue weighted by Crippen LogP contribution is 2.37. The monoisotopic (exact) mass is 613 g/mol. The number of carbonyl (C=O) groups excluding carboxylic acids is 1. The standard InChI is InChI=1S/C37H27N9O/c1-2-3-20-38-37(47)46-35-27-18-10-11-19-28(27)36(46)45-34-26-17-9-7-15-24(26)32(43-34)41-30-22-13-5-4-12-21(22)29(39-30)40-31-23-14-6-8-16-25(23)33(42-31)44-35/h4-19H,2-3,20H2,1H3,(H,38,47)(H,39,40,41,42,43,44,45). The van der Waals surface area contributed by atoms with E-state index in [0.717, 1.165) is 56.6 Å². The van der Waals surface area contributed by atoms with Gasteiger partial charge in [-0.05, 0) is 6.42 Å². The molecule has 2 aliphatic rings. The van der Waals surface area contributed by atoms with Crippen LogP contribution < -0.4 is 5.32 Å². The molecule has 9 rings (SSSR count). The van der Waals surface area contributed by atoms with Gasteiger partial charge in [-0.1, -0.05) is 110 Å². The second-order valence-electron chi connectivity index (χ2n) is 11.5. The van der Waals surface area contributed by atoms with Gasteiger partial charge in [0.2, 0.25) is 0 Å². The Morgan fingerprint density at radius 2 is 0.979 bits per heavy atom. The van der Waals surface area contributed by atoms with Crippen molar-refractivity contribution in [2.45, 2.75) is 19.8 Å². The van der Waals surface area contributed by atoms with Crippen LogP contribution in [0.15, 0.2) is 97.1 Å². The number of unbranched alkanes of at least 4 members (excludes halogenated alkanes) is 1. The van der Waals surface area contributed by atoms with E-state index in [4.69, 9.17) is 29.9 Å². The van der Waals surface area contributed by atoms with Crippen LogP contribution in [-0.4, -0.2) is 52.0 Å². The average Bonchev–Trinajstić information content (AvgIpc) is 3.83. The number of carbonyl (C=O) groups is 1. The number of nitrogens with one attached hydrogen (secondary N) is 2. The number of H-pyrrole nitrogens is 1. The Kier molecular flexibility index (Phi) is 6.14. The summed E-state index contributed by atoms with van der Waals surface area (Å²) >= 11 is 0. The Morgan fingerprint density at radius 1 is 0.574 bits per heavy atom. The molecule has 10 nitrogen and oxygen atoms in total. The van der Waals surface area contributed by atoms with Crippen molar-refractivity contribution in [1.29, 1.82) is 0 Å². The largest absolute Gasteiger partial charge is 0.337 e. The lowest BCUT2D eigenvalue weighted by Crippen LogP contribution is -2.29. The van der Waals surface area contributed by atoms with Gasteiger partial charge in [-0.25, -0.2) is 39.3 Å². The average molecular weight is 614 g/mol. The van der Waals surface area contributed by atoms with Crippen molar-refractivity contribution >= 4 is 50.2 Å². The van der Waals surface area contributed by atoms with Crippen LogP contribution in [0.4, 0.5) is 4.79 Å². The number of hydrogen-bond acceptors (Lipinski definition) is 7. The third-order valence-electron chi connectivity index (χ3n) is 8.62. The molecule has 2 aliphatic heterocycles. The van der Waals surface area contributed by atoms with Crippen molar-refractivity contribution in [2.75, 3.05) is 6.54 Å². The van der Waals surface area contributed by atoms with Gasteiger partial charge in [0, 0.05) is 50.3 Å². The zero-order chi connectivity index (χ0) is 31.5. The van der Waals surface area contributed by atoms with Crippen molar-refractivity contribution in [2.24, 2.45) is 0 Å². The van der Waals surface area contributed by atoms with Gasteiger partial charge >= 0.3 is 6.03 Å². The Labute approximate surface area is 268 Å². The molecule has 0 radical (unpaired) electrons. The maximum atomic E-state index is 14.1. The van der Waals surface area contributed by atoms with Crippen molar-refractivity contribution in [3.8, 4) is 45.6 Å². The molecule has 0 saturated carbocycles. The van der Waals surface area contributed by atoms with E-state index in [1.165, 1.54) is 0 Å². The number of aromatic nitrogens is 8. The van der Waals surface area contributed by atoms with Crippen LogP contribution in [0.2, 0.25) is 0 Å². The first-order valence-corrected chi connectivity index (χ1v) is 15.7. The molecule has 0 fully saturated rings. The number of nitrogens with zero attached hydrogens (tertiary/aromatic N) is 7. The van der Waals surface area contributed by atoms with E-state index in [-0.39, 0.29) is 6.03 Å². The summed E-state index contributed by atoms with van der Waals surface area (Å²) in [7, 11) is 0. The second kappa shape index (κ2) is 10.7. The molecule has 7 aromatic rings. The first kappa shape index (κ1) is 27.1. The SMILES string of the molecule is CCCCNC(=O)n1c2nc3nc(nc4[nH]c(nc5nc(nc1c1ccccc12)-c1ccccc1-5)c1ccccc41)-c1ccccc1-3. The molecule has 10 heteroatoms. The number of amides is 1. The number of benzene rings is 4. The third-order valence-corrected chi connectivity index (χ3v) is 8.62. The number of rotatable bonds is 3. The van der Waals surface area contributed by atoms with Crippen LogP contribution in [0.5, 0.6) is 0 Å². The fourth-order valence-corrected chi connectivity index (χ4v) is 6.34. The van der Waals surface area contributed by atoms with Gasteiger partial charge in [0.05, 0.1) is 0 Å². The highest BCUT2D eigenvalue weighted by molar-refractivity contribution is 6.11. The molecule has 0 spiro atoms. The highest BCUT2D eigenvalue weighted by Gasteiger charge is 2.24. The molecule has 2 N–H and O–H groups in total. The first-order valence-electron chi connectivity index (χ1n) is 15.7. The summed E-state index contributed by atoms with van der Waals surface area (Å²) in [4.78, 5) is 47.8. The predicted octanol–water partition coefficient (Wildman–Crippen LogP) is 7.70. The fraction of sp³-hybridized carbons (Fsp3) is 0.108. The minimum Gasteiger partial charge on any atom is -0.337 e. The van der Waals surface area contributed by atoms with Crippen LogP contribution in [-0.2, 0) is 0 Å². The quantitative estimate of drug-likeness (QED) is 0.196. The summed E-state index contributed by atoms with van der Waals surface area (Å²) < 4.78 is 1.55. The minimum atomic E-state index is -0.321. The maximum absolute atomic E-state index is 14.1. The third kappa shape index (κ3) is 4.29. The van der Waals surface area contributed by atoms with Crippen LogP contribution in [0, 0.1) is 0 Å². The van der Waals surface area contributed by atoms with Gasteiger partial charge in [-0.2, -0.15) is 0 Å². The van der Waals surface area contributed by atoms with Crippen molar-refractivity contribution in [3.05, 3.63) is 97.1 Å². The lowest BCUT2D eigenvalue weighted by Gasteiger charge is -2.07. The Balaban J connectivity index is 1.49. The molecule has 4 aromatic carbocycles. The Bertz CT molecular complexity index is 2420. The van der Waals surface area contributed by atoms with Crippen LogP contribution >= 0.6 is 0 Å². The molecule has 5 heterocycles. The lowest BCUT2D eigenvalue weighted by molar-refractivity contribution is 0.243. The molecule has 0 saturated heterocycles. The van der Waals surface area contributed by atoms with E-state index in [1.807, 2.05) is 97.1 Å². The molecule has 8 bridgehead atoms. The zero-order valence-corrected chi connectivity index (χ0v) is 25.4. The minimum absolute atomic E-state index is 0.321. The van der Waals surface area contributed by atoms with Crippen molar-refractivity contribution < 1.29 is 4.79 Å². The Morgan fingerprint density at radius 3 is 1.43 bits per heavy atom. The van der Waals surface area contributed by atoms with Crippen LogP contribution in [0.3, 0.4) is 0 Å². The van der Waals surface area contributed by atoms with E-state index in [9.17, 15) is 4.79 Å². The topological polar surface area (TPSA) is 127 Å². The van der Waals surface area contributed by atoms with E-state index < -0.39 is 0 Å².